The monoisotopic (exact) mass is 385 g/mol. The fourth-order valence-electron chi connectivity index (χ4n) is 4.02. The van der Waals surface area contributed by atoms with E-state index in [1.165, 1.54) is 41.5 Å². The van der Waals surface area contributed by atoms with E-state index in [0.29, 0.717) is 5.02 Å². The summed E-state index contributed by atoms with van der Waals surface area (Å²) in [6.45, 7) is 3.76. The van der Waals surface area contributed by atoms with Gasteiger partial charge in [0.2, 0.25) is 0 Å². The molecule has 3 aromatic rings. The molecule has 0 radical (unpaired) electrons. The van der Waals surface area contributed by atoms with Gasteiger partial charge in [-0.3, -0.25) is 0 Å². The van der Waals surface area contributed by atoms with E-state index >= 15 is 0 Å². The third-order valence-corrected chi connectivity index (χ3v) is 6.77. The van der Waals surface area contributed by atoms with Crippen molar-refractivity contribution in [3.8, 4) is 0 Å². The van der Waals surface area contributed by atoms with Crippen molar-refractivity contribution in [3.63, 3.8) is 0 Å². The molecule has 0 amide bonds. The summed E-state index contributed by atoms with van der Waals surface area (Å²) in [5.74, 6) is 2.12. The Bertz CT molecular complexity index is 931. The molecule has 4 heterocycles. The third kappa shape index (κ3) is 2.81. The molecule has 7 heteroatoms. The summed E-state index contributed by atoms with van der Waals surface area (Å²) in [5, 5.41) is 1.99. The fraction of sp³-hybridized carbons (Fsp3) is 0.421. The highest BCUT2D eigenvalue weighted by Crippen LogP contribution is 2.39. The Morgan fingerprint density at radius 3 is 2.54 bits per heavy atom. The van der Waals surface area contributed by atoms with Gasteiger partial charge in [-0.2, -0.15) is 0 Å². The molecule has 0 bridgehead atoms. The van der Waals surface area contributed by atoms with Crippen molar-refractivity contribution in [2.75, 3.05) is 36.0 Å². The molecule has 2 aliphatic rings. The van der Waals surface area contributed by atoms with Crippen LogP contribution < -0.4 is 9.80 Å². The van der Waals surface area contributed by atoms with Gasteiger partial charge in [-0.25, -0.2) is 15.0 Å². The van der Waals surface area contributed by atoms with E-state index in [1.54, 1.807) is 12.5 Å². The lowest BCUT2D eigenvalue weighted by Crippen LogP contribution is -2.47. The second kappa shape index (κ2) is 6.67. The first kappa shape index (κ1) is 16.3. The number of nitrogens with zero attached hydrogens (tertiary/aromatic N) is 5. The number of piperazine rings is 1. The maximum atomic E-state index is 5.95. The zero-order valence-corrected chi connectivity index (χ0v) is 16.1. The summed E-state index contributed by atoms with van der Waals surface area (Å²) in [4.78, 5) is 21.1. The lowest BCUT2D eigenvalue weighted by molar-refractivity contribution is 0.642. The predicted molar refractivity (Wildman–Crippen MR) is 108 cm³/mol. The molecule has 0 unspecified atom stereocenters. The number of pyridine rings is 1. The normalized spacial score (nSPS) is 17.6. The summed E-state index contributed by atoms with van der Waals surface area (Å²) in [5.41, 5.74) is 1.51. The van der Waals surface area contributed by atoms with E-state index in [1.807, 2.05) is 23.5 Å². The molecular formula is C19H20ClN5S. The molecule has 1 saturated heterocycles. The summed E-state index contributed by atoms with van der Waals surface area (Å²) in [6.07, 6.45) is 8.40. The zero-order valence-electron chi connectivity index (χ0n) is 14.5. The molecule has 5 rings (SSSR count). The average molecular weight is 386 g/mol. The number of hydrogen-bond acceptors (Lipinski definition) is 6. The van der Waals surface area contributed by atoms with Gasteiger partial charge in [0.1, 0.15) is 22.8 Å². The van der Waals surface area contributed by atoms with Gasteiger partial charge < -0.3 is 9.80 Å². The molecule has 5 nitrogen and oxygen atoms in total. The van der Waals surface area contributed by atoms with Crippen LogP contribution in [0.1, 0.15) is 23.3 Å². The van der Waals surface area contributed by atoms with Crippen LogP contribution in [-0.4, -0.2) is 41.1 Å². The lowest BCUT2D eigenvalue weighted by Gasteiger charge is -2.36. The van der Waals surface area contributed by atoms with E-state index in [0.717, 1.165) is 42.6 Å². The van der Waals surface area contributed by atoms with E-state index < -0.39 is 0 Å². The molecule has 0 saturated carbocycles. The molecule has 1 fully saturated rings. The zero-order chi connectivity index (χ0) is 17.5. The van der Waals surface area contributed by atoms with Crippen LogP contribution in [0.4, 0.5) is 11.6 Å². The molecule has 3 aromatic heterocycles. The van der Waals surface area contributed by atoms with Crippen molar-refractivity contribution in [3.05, 3.63) is 40.1 Å². The smallest absolute Gasteiger partial charge is 0.141 e. The van der Waals surface area contributed by atoms with Crippen LogP contribution >= 0.6 is 22.9 Å². The number of halogens is 1. The predicted octanol–water partition coefficient (Wildman–Crippen LogP) is 3.95. The molecule has 1 aliphatic carbocycles. The number of aromatic nitrogens is 3. The van der Waals surface area contributed by atoms with Gasteiger partial charge in [0.25, 0.3) is 0 Å². The average Bonchev–Trinajstić information content (AvgIpc) is 3.07. The quantitative estimate of drug-likeness (QED) is 0.668. The molecule has 0 aromatic carbocycles. The summed E-state index contributed by atoms with van der Waals surface area (Å²) < 4.78 is 0. The topological polar surface area (TPSA) is 45.2 Å². The van der Waals surface area contributed by atoms with Crippen molar-refractivity contribution >= 4 is 44.8 Å². The highest BCUT2D eigenvalue weighted by atomic mass is 35.5. The van der Waals surface area contributed by atoms with Crippen LogP contribution in [0.5, 0.6) is 0 Å². The van der Waals surface area contributed by atoms with E-state index in [4.69, 9.17) is 16.6 Å². The van der Waals surface area contributed by atoms with Crippen molar-refractivity contribution in [1.82, 2.24) is 15.0 Å². The molecule has 26 heavy (non-hydrogen) atoms. The van der Waals surface area contributed by atoms with Crippen molar-refractivity contribution < 1.29 is 0 Å². The molecule has 1 aliphatic heterocycles. The Labute approximate surface area is 161 Å². The Kier molecular flexibility index (Phi) is 4.17. The lowest BCUT2D eigenvalue weighted by atomic mass is 9.97. The van der Waals surface area contributed by atoms with Gasteiger partial charge in [-0.1, -0.05) is 11.6 Å². The Balaban J connectivity index is 1.41. The van der Waals surface area contributed by atoms with Crippen LogP contribution in [0, 0.1) is 0 Å². The van der Waals surface area contributed by atoms with Crippen molar-refractivity contribution in [1.29, 1.82) is 0 Å². The number of hydrogen-bond donors (Lipinski definition) is 0. The highest BCUT2D eigenvalue weighted by Gasteiger charge is 2.25. The molecule has 0 spiro atoms. The van der Waals surface area contributed by atoms with E-state index in [-0.39, 0.29) is 0 Å². The minimum atomic E-state index is 0.679. The first-order valence-corrected chi connectivity index (χ1v) is 10.4. The first-order chi connectivity index (χ1) is 12.8. The maximum Gasteiger partial charge on any atom is 0.141 e. The summed E-state index contributed by atoms with van der Waals surface area (Å²) in [7, 11) is 0. The van der Waals surface area contributed by atoms with Crippen LogP contribution in [0.3, 0.4) is 0 Å². The maximum absolute atomic E-state index is 5.95. The van der Waals surface area contributed by atoms with Crippen LogP contribution in [0.25, 0.3) is 10.2 Å². The van der Waals surface area contributed by atoms with Gasteiger partial charge in [-0.05, 0) is 43.4 Å². The van der Waals surface area contributed by atoms with E-state index in [9.17, 15) is 0 Å². The second-order valence-corrected chi connectivity index (χ2v) is 8.42. The largest absolute Gasteiger partial charge is 0.353 e. The minimum Gasteiger partial charge on any atom is -0.353 e. The highest BCUT2D eigenvalue weighted by molar-refractivity contribution is 7.19. The Hall–Kier alpha value is -1.92. The SMILES string of the molecule is Clc1ccc(N2CCN(c3ncnc4sc5c(c34)CCCC5)CC2)nc1. The van der Waals surface area contributed by atoms with Gasteiger partial charge >= 0.3 is 0 Å². The van der Waals surface area contributed by atoms with Crippen LogP contribution in [0.15, 0.2) is 24.7 Å². The molecule has 0 atom stereocenters. The van der Waals surface area contributed by atoms with Crippen LogP contribution in [-0.2, 0) is 12.8 Å². The minimum absolute atomic E-state index is 0.679. The Morgan fingerprint density at radius 2 is 1.73 bits per heavy atom. The number of anilines is 2. The summed E-state index contributed by atoms with van der Waals surface area (Å²) >= 11 is 7.82. The number of aryl methyl sites for hydroxylation is 2. The molecule has 134 valence electrons. The summed E-state index contributed by atoms with van der Waals surface area (Å²) in [6, 6.07) is 3.90. The fourth-order valence-corrected chi connectivity index (χ4v) is 5.35. The third-order valence-electron chi connectivity index (χ3n) is 5.35. The van der Waals surface area contributed by atoms with Gasteiger partial charge in [0, 0.05) is 37.3 Å². The van der Waals surface area contributed by atoms with Gasteiger partial charge in [0.05, 0.1) is 10.4 Å². The van der Waals surface area contributed by atoms with E-state index in [2.05, 4.69) is 19.8 Å². The molecular weight excluding hydrogens is 366 g/mol. The van der Waals surface area contributed by atoms with Crippen molar-refractivity contribution in [2.45, 2.75) is 25.7 Å². The number of rotatable bonds is 2. The number of thiophene rings is 1. The van der Waals surface area contributed by atoms with Gasteiger partial charge in [-0.15, -0.1) is 11.3 Å². The standard InChI is InChI=1S/C19H20ClN5S/c20-13-5-6-16(21-11-13)24-7-9-25(10-8-24)18-17-14-3-1-2-4-15(14)26-19(17)23-12-22-18/h5-6,11-12H,1-4,7-10H2. The van der Waals surface area contributed by atoms with Crippen molar-refractivity contribution in [2.24, 2.45) is 0 Å². The van der Waals surface area contributed by atoms with Gasteiger partial charge in [0.15, 0.2) is 0 Å². The number of fused-ring (bicyclic) bond motifs is 3. The van der Waals surface area contributed by atoms with Crippen LogP contribution in [0.2, 0.25) is 5.02 Å². The first-order valence-electron chi connectivity index (χ1n) is 9.16. The Morgan fingerprint density at radius 1 is 0.923 bits per heavy atom. The second-order valence-electron chi connectivity index (χ2n) is 6.90. The molecule has 0 N–H and O–H groups in total.